The number of rotatable bonds is 4. The summed E-state index contributed by atoms with van der Waals surface area (Å²) in [6, 6.07) is 6.19. The number of fused-ring (bicyclic) bond motifs is 2. The number of halogens is 1. The first-order valence-corrected chi connectivity index (χ1v) is 14.5. The van der Waals surface area contributed by atoms with Crippen LogP contribution in [0.4, 0.5) is 5.82 Å². The molecule has 3 atom stereocenters. The number of nitrogens with zero attached hydrogens (tertiary/aromatic N) is 3. The van der Waals surface area contributed by atoms with E-state index in [1.807, 2.05) is 11.5 Å². The fourth-order valence-corrected chi connectivity index (χ4v) is 6.17. The largest absolute Gasteiger partial charge is 0.477 e. The highest BCUT2D eigenvalue weighted by Gasteiger charge is 2.38. The summed E-state index contributed by atoms with van der Waals surface area (Å²) in [6.45, 7) is 3.44. The summed E-state index contributed by atoms with van der Waals surface area (Å²) in [7, 11) is -4.02. The van der Waals surface area contributed by atoms with Crippen molar-refractivity contribution in [1.29, 1.82) is 0 Å². The van der Waals surface area contributed by atoms with Crippen molar-refractivity contribution in [1.82, 2.24) is 9.55 Å². The third kappa shape index (κ3) is 5.44. The monoisotopic (exact) mass is 572 g/mol. The second kappa shape index (κ2) is 10.4. The third-order valence-electron chi connectivity index (χ3n) is 7.56. The minimum absolute atomic E-state index is 0.0331. The van der Waals surface area contributed by atoms with Gasteiger partial charge in [0.2, 0.25) is 5.43 Å². The van der Waals surface area contributed by atoms with Gasteiger partial charge in [-0.1, -0.05) is 41.4 Å². The van der Waals surface area contributed by atoms with E-state index in [1.165, 1.54) is 24.5 Å². The highest BCUT2D eigenvalue weighted by Crippen LogP contribution is 2.42. The summed E-state index contributed by atoms with van der Waals surface area (Å²) in [5.41, 5.74) is 7.02. The number of aromatic carboxylic acids is 1. The zero-order chi connectivity index (χ0) is 28.1. The van der Waals surface area contributed by atoms with Gasteiger partial charge in [-0.05, 0) is 50.2 Å². The number of allylic oxidation sites excluding steroid dienone is 1. The van der Waals surface area contributed by atoms with Gasteiger partial charge in [0.15, 0.2) is 0 Å². The van der Waals surface area contributed by atoms with Crippen molar-refractivity contribution in [3.8, 4) is 0 Å². The second-order valence-corrected chi connectivity index (χ2v) is 12.1. The number of anilines is 1. The van der Waals surface area contributed by atoms with Gasteiger partial charge in [0.25, 0.3) is 10.1 Å². The third-order valence-corrected chi connectivity index (χ3v) is 8.78. The van der Waals surface area contributed by atoms with Gasteiger partial charge in [0, 0.05) is 37.6 Å². The minimum atomic E-state index is -4.02. The average molecular weight is 573 g/mol. The summed E-state index contributed by atoms with van der Waals surface area (Å²) in [5.74, 6) is 0.242. The lowest BCUT2D eigenvalue weighted by atomic mass is 9.83. The van der Waals surface area contributed by atoms with Gasteiger partial charge in [0.05, 0.1) is 15.8 Å². The number of aromatic nitrogens is 2. The molecule has 1 aromatic carbocycles. The molecule has 1 saturated heterocycles. The molecule has 1 aliphatic heterocycles. The number of nitrogens with two attached hydrogens (primary N) is 1. The zero-order valence-corrected chi connectivity index (χ0v) is 22.8. The van der Waals surface area contributed by atoms with Crippen LogP contribution in [-0.4, -0.2) is 52.7 Å². The van der Waals surface area contributed by atoms with Gasteiger partial charge in [-0.2, -0.15) is 8.42 Å². The van der Waals surface area contributed by atoms with Gasteiger partial charge in [-0.3, -0.25) is 9.35 Å². The van der Waals surface area contributed by atoms with E-state index >= 15 is 0 Å². The summed E-state index contributed by atoms with van der Waals surface area (Å²) in [4.78, 5) is 30.7. The van der Waals surface area contributed by atoms with Gasteiger partial charge in [0.1, 0.15) is 16.4 Å². The predicted octanol–water partition coefficient (Wildman–Crippen LogP) is 3.66. The molecule has 2 aromatic heterocycles. The van der Waals surface area contributed by atoms with Gasteiger partial charge in [-0.25, -0.2) is 9.78 Å². The Balaban J connectivity index is 0.000000237. The van der Waals surface area contributed by atoms with Crippen LogP contribution in [0.15, 0.2) is 58.5 Å². The molecule has 3 aliphatic rings. The normalized spacial score (nSPS) is 22.4. The minimum Gasteiger partial charge on any atom is -0.477 e. The van der Waals surface area contributed by atoms with Crippen LogP contribution in [0.3, 0.4) is 0 Å². The molecular formula is C27H29ClN4O6S. The van der Waals surface area contributed by atoms with E-state index in [2.05, 4.69) is 22.0 Å². The summed E-state index contributed by atoms with van der Waals surface area (Å²) in [5, 5.41) is 10.1. The van der Waals surface area contributed by atoms with Crippen LogP contribution in [-0.2, 0) is 10.1 Å². The lowest BCUT2D eigenvalue weighted by Gasteiger charge is -2.25. The maximum absolute atomic E-state index is 12.7. The van der Waals surface area contributed by atoms with Crippen molar-refractivity contribution in [3.63, 3.8) is 0 Å². The molecule has 0 amide bonds. The van der Waals surface area contributed by atoms with Gasteiger partial charge in [-0.15, -0.1) is 0 Å². The molecule has 206 valence electrons. The van der Waals surface area contributed by atoms with Crippen LogP contribution in [0.25, 0.3) is 10.9 Å². The number of carboxylic acid groups (broad SMARTS) is 1. The molecule has 39 heavy (non-hydrogen) atoms. The van der Waals surface area contributed by atoms with Crippen LogP contribution in [0, 0.1) is 18.8 Å². The van der Waals surface area contributed by atoms with Gasteiger partial charge < -0.3 is 20.3 Å². The summed E-state index contributed by atoms with van der Waals surface area (Å²) >= 11 is 6.78. The topological polar surface area (TPSA) is 156 Å². The van der Waals surface area contributed by atoms with Crippen LogP contribution in [0.1, 0.15) is 41.2 Å². The van der Waals surface area contributed by atoms with Crippen LogP contribution in [0.5, 0.6) is 0 Å². The smallest absolute Gasteiger partial charge is 0.341 e. The van der Waals surface area contributed by atoms with Crippen molar-refractivity contribution in [2.45, 2.75) is 43.2 Å². The fourth-order valence-electron chi connectivity index (χ4n) is 5.33. The molecule has 10 nitrogen and oxygen atoms in total. The van der Waals surface area contributed by atoms with E-state index in [-0.39, 0.29) is 27.9 Å². The Morgan fingerprint density at radius 1 is 1.18 bits per heavy atom. The fraction of sp³-hybridized carbons (Fsp3) is 0.370. The van der Waals surface area contributed by atoms with E-state index in [1.54, 1.807) is 12.1 Å². The Kier molecular flexibility index (Phi) is 7.27. The number of hydrogen-bond acceptors (Lipinski definition) is 7. The Morgan fingerprint density at radius 3 is 2.46 bits per heavy atom. The summed E-state index contributed by atoms with van der Waals surface area (Å²) < 4.78 is 31.4. The number of carbonyl (C=O) groups is 1. The first kappa shape index (κ1) is 27.3. The lowest BCUT2D eigenvalue weighted by molar-refractivity contribution is 0.0694. The van der Waals surface area contributed by atoms with Crippen LogP contribution >= 0.6 is 11.6 Å². The standard InChI is InChI=1S/C20H21ClN4O3.C7H8O3S/c21-16-17-12(18(26)14(20(27)28)9-25(17)11-4-5-11)6-23-19(16)24-7-10-2-1-3-15(22)13(10)8-24;1-6-2-4-7(5-3-6)11(8,9)10/h1,3,6,9-11,13,15H,2,4-5,7-8,22H2,(H,27,28);2-5H,1H3,(H,8,9,10)/t10-,13+,15-;/m1./s1. The molecule has 3 aromatic rings. The summed E-state index contributed by atoms with van der Waals surface area (Å²) in [6.07, 6.45) is 10.0. The SMILES string of the molecule is Cc1ccc(S(=O)(=O)O)cc1.N[C@@H]1C=CC[C@@H]2CN(c3ncc4c(=O)c(C(=O)O)cn(C5CC5)c4c3Cl)C[C@@H]21. The predicted molar refractivity (Wildman–Crippen MR) is 148 cm³/mol. The van der Waals surface area contributed by atoms with E-state index in [0.717, 1.165) is 37.9 Å². The molecule has 2 aliphatic carbocycles. The molecule has 0 unspecified atom stereocenters. The first-order valence-electron chi connectivity index (χ1n) is 12.6. The zero-order valence-electron chi connectivity index (χ0n) is 21.2. The van der Waals surface area contributed by atoms with E-state index < -0.39 is 21.5 Å². The average Bonchev–Trinajstić information content (AvgIpc) is 3.63. The molecular weight excluding hydrogens is 544 g/mol. The molecule has 6 rings (SSSR count). The van der Waals surface area contributed by atoms with Crippen molar-refractivity contribution >= 4 is 44.4 Å². The van der Waals surface area contributed by atoms with Crippen molar-refractivity contribution in [2.75, 3.05) is 18.0 Å². The number of carboxylic acids is 1. The Labute approximate surface area is 230 Å². The van der Waals surface area contributed by atoms with Crippen LogP contribution in [0.2, 0.25) is 5.02 Å². The molecule has 12 heteroatoms. The first-order chi connectivity index (χ1) is 18.5. The molecule has 0 spiro atoms. The van der Waals surface area contributed by atoms with Crippen molar-refractivity contribution in [3.05, 3.63) is 75.2 Å². The second-order valence-electron chi connectivity index (χ2n) is 10.3. The van der Waals surface area contributed by atoms with Crippen LogP contribution < -0.4 is 16.1 Å². The number of hydrogen-bond donors (Lipinski definition) is 3. The molecule has 4 N–H and O–H groups in total. The molecule has 2 fully saturated rings. The maximum atomic E-state index is 12.7. The molecule has 3 heterocycles. The maximum Gasteiger partial charge on any atom is 0.341 e. The molecule has 0 bridgehead atoms. The number of aryl methyl sites for hydroxylation is 1. The van der Waals surface area contributed by atoms with E-state index in [0.29, 0.717) is 28.2 Å². The molecule has 0 radical (unpaired) electrons. The lowest BCUT2D eigenvalue weighted by Crippen LogP contribution is -2.35. The van der Waals surface area contributed by atoms with Gasteiger partial charge >= 0.3 is 5.97 Å². The quantitative estimate of drug-likeness (QED) is 0.313. The number of benzene rings is 1. The highest BCUT2D eigenvalue weighted by molar-refractivity contribution is 7.85. The van der Waals surface area contributed by atoms with E-state index in [9.17, 15) is 23.1 Å². The Morgan fingerprint density at radius 2 is 1.87 bits per heavy atom. The van der Waals surface area contributed by atoms with E-state index in [4.69, 9.17) is 21.9 Å². The van der Waals surface area contributed by atoms with Crippen molar-refractivity contribution < 1.29 is 22.9 Å². The Bertz CT molecular complexity index is 1630. The Hall–Kier alpha value is -3.25. The van der Waals surface area contributed by atoms with Crippen molar-refractivity contribution in [2.24, 2.45) is 17.6 Å². The highest BCUT2D eigenvalue weighted by atomic mass is 35.5. The number of pyridine rings is 2. The molecule has 1 saturated carbocycles.